The molecular weight excluding hydrogens is 509 g/mol. The van der Waals surface area contributed by atoms with Gasteiger partial charge >= 0.3 is 6.18 Å². The number of hydrogen-bond donors (Lipinski definition) is 2. The van der Waals surface area contributed by atoms with Crippen LogP contribution in [0.3, 0.4) is 0 Å². The summed E-state index contributed by atoms with van der Waals surface area (Å²) < 4.78 is 73.0. The van der Waals surface area contributed by atoms with Crippen molar-refractivity contribution in [1.82, 2.24) is 10.3 Å². The first-order valence-corrected chi connectivity index (χ1v) is 11.6. The molecule has 0 unspecified atom stereocenters. The first-order valence-electron chi connectivity index (χ1n) is 9.70. The molecular formula is C22H16ClF3N4O4S. The van der Waals surface area contributed by atoms with Crippen molar-refractivity contribution >= 4 is 33.2 Å². The number of ether oxygens (including phenoxy) is 1. The maximum atomic E-state index is 13.2. The number of carbonyl (C=O) groups is 1. The zero-order valence-electron chi connectivity index (χ0n) is 17.9. The molecule has 0 radical (unpaired) electrons. The molecule has 3 rings (SSSR count). The summed E-state index contributed by atoms with van der Waals surface area (Å²) in [6.07, 6.45) is -3.44. The van der Waals surface area contributed by atoms with Crippen LogP contribution in [0, 0.1) is 18.3 Å². The first kappa shape index (κ1) is 25.8. The molecule has 0 aliphatic carbocycles. The van der Waals surface area contributed by atoms with E-state index in [0.29, 0.717) is 11.6 Å². The third-order valence-electron chi connectivity index (χ3n) is 4.44. The highest BCUT2D eigenvalue weighted by molar-refractivity contribution is 7.92. The Morgan fingerprint density at radius 1 is 1.17 bits per heavy atom. The number of nitrogens with zero attached hydrogens (tertiary/aromatic N) is 2. The third-order valence-corrected chi connectivity index (χ3v) is 6.14. The minimum Gasteiger partial charge on any atom is -0.437 e. The third kappa shape index (κ3) is 6.40. The van der Waals surface area contributed by atoms with E-state index in [9.17, 15) is 26.4 Å². The van der Waals surface area contributed by atoms with Gasteiger partial charge in [0.25, 0.3) is 15.9 Å². The number of benzene rings is 2. The molecule has 0 saturated carbocycles. The number of hydrogen-bond acceptors (Lipinski definition) is 6. The van der Waals surface area contributed by atoms with Gasteiger partial charge in [-0.15, -0.1) is 0 Å². The Hall–Kier alpha value is -3.82. The van der Waals surface area contributed by atoms with Gasteiger partial charge in [-0.2, -0.15) is 18.4 Å². The average Bonchev–Trinajstić information content (AvgIpc) is 2.79. The number of anilines is 1. The molecule has 0 bridgehead atoms. The molecule has 0 fully saturated rings. The van der Waals surface area contributed by atoms with E-state index in [0.717, 1.165) is 12.1 Å². The number of alkyl halides is 3. The highest BCUT2D eigenvalue weighted by Crippen LogP contribution is 2.37. The number of rotatable bonds is 7. The summed E-state index contributed by atoms with van der Waals surface area (Å²) in [5.41, 5.74) is -0.607. The van der Waals surface area contributed by atoms with Crippen LogP contribution in [-0.2, 0) is 16.2 Å². The average molecular weight is 525 g/mol. The normalized spacial score (nSPS) is 11.4. The van der Waals surface area contributed by atoms with E-state index < -0.39 is 37.6 Å². The molecule has 0 aliphatic rings. The van der Waals surface area contributed by atoms with Crippen molar-refractivity contribution in [3.63, 3.8) is 0 Å². The molecule has 0 atom stereocenters. The summed E-state index contributed by atoms with van der Waals surface area (Å²) in [5, 5.41) is 10.3. The van der Waals surface area contributed by atoms with Crippen molar-refractivity contribution in [2.45, 2.75) is 18.0 Å². The second-order valence-electron chi connectivity index (χ2n) is 7.08. The highest BCUT2D eigenvalue weighted by Gasteiger charge is 2.34. The SMILES string of the molecule is Cc1cnc(Oc2ccc(C(=O)NCC#N)cc2)c(NS(=O)(=O)c2ccc(Cl)c(C(F)(F)F)c2)c1. The fraction of sp³-hybridized carbons (Fsp3) is 0.136. The Kier molecular flexibility index (Phi) is 7.52. The largest absolute Gasteiger partial charge is 0.437 e. The lowest BCUT2D eigenvalue weighted by Gasteiger charge is -2.15. The summed E-state index contributed by atoms with van der Waals surface area (Å²) >= 11 is 5.58. The van der Waals surface area contributed by atoms with Gasteiger partial charge in [-0.1, -0.05) is 11.6 Å². The molecule has 1 heterocycles. The number of carbonyl (C=O) groups excluding carboxylic acids is 1. The number of aryl methyl sites for hydroxylation is 1. The van der Waals surface area contributed by atoms with Crippen molar-refractivity contribution in [2.24, 2.45) is 0 Å². The standard InChI is InChI=1S/C22H16ClF3N4O4S/c1-13-10-19(30-35(32,33)16-6-7-18(23)17(11-16)22(24,25)26)21(29-12-13)34-15-4-2-14(3-5-15)20(31)28-9-8-27/h2-7,10-12,30H,9H2,1H3,(H,28,31). The van der Waals surface area contributed by atoms with E-state index in [4.69, 9.17) is 21.6 Å². The zero-order chi connectivity index (χ0) is 25.8. The molecule has 0 saturated heterocycles. The predicted molar refractivity (Wildman–Crippen MR) is 121 cm³/mol. The molecule has 0 spiro atoms. The van der Waals surface area contributed by atoms with Gasteiger partial charge in [-0.3, -0.25) is 9.52 Å². The molecule has 35 heavy (non-hydrogen) atoms. The number of aromatic nitrogens is 1. The highest BCUT2D eigenvalue weighted by atomic mass is 35.5. The predicted octanol–water partition coefficient (Wildman–Crippen LogP) is 4.91. The van der Waals surface area contributed by atoms with E-state index in [1.54, 1.807) is 13.0 Å². The number of sulfonamides is 1. The molecule has 182 valence electrons. The fourth-order valence-corrected chi connectivity index (χ4v) is 4.11. The fourth-order valence-electron chi connectivity index (χ4n) is 2.81. The maximum Gasteiger partial charge on any atom is 0.417 e. The quantitative estimate of drug-likeness (QED) is 0.424. The van der Waals surface area contributed by atoms with Crippen LogP contribution < -0.4 is 14.8 Å². The molecule has 2 N–H and O–H groups in total. The smallest absolute Gasteiger partial charge is 0.417 e. The van der Waals surface area contributed by atoms with Gasteiger partial charge in [-0.05, 0) is 61.0 Å². The van der Waals surface area contributed by atoms with Crippen LogP contribution in [0.1, 0.15) is 21.5 Å². The van der Waals surface area contributed by atoms with Crippen molar-refractivity contribution in [2.75, 3.05) is 11.3 Å². The van der Waals surface area contributed by atoms with E-state index in [1.165, 1.54) is 36.5 Å². The molecule has 3 aromatic rings. The van der Waals surface area contributed by atoms with Crippen LogP contribution in [0.25, 0.3) is 0 Å². The Morgan fingerprint density at radius 2 is 1.86 bits per heavy atom. The van der Waals surface area contributed by atoms with Crippen molar-refractivity contribution in [3.05, 3.63) is 76.4 Å². The molecule has 1 amide bonds. The van der Waals surface area contributed by atoms with Crippen molar-refractivity contribution in [1.29, 1.82) is 5.26 Å². The Balaban J connectivity index is 1.88. The number of amides is 1. The van der Waals surface area contributed by atoms with Crippen LogP contribution in [0.15, 0.2) is 59.6 Å². The van der Waals surface area contributed by atoms with Crippen molar-refractivity contribution < 1.29 is 31.1 Å². The monoisotopic (exact) mass is 524 g/mol. The van der Waals surface area contributed by atoms with Gasteiger partial charge < -0.3 is 10.1 Å². The van der Waals surface area contributed by atoms with E-state index >= 15 is 0 Å². The first-order chi connectivity index (χ1) is 16.4. The van der Waals surface area contributed by atoms with Crippen LogP contribution in [0.5, 0.6) is 11.6 Å². The lowest BCUT2D eigenvalue weighted by Crippen LogP contribution is -2.23. The van der Waals surface area contributed by atoms with Gasteiger partial charge in [0.05, 0.1) is 21.6 Å². The van der Waals surface area contributed by atoms with E-state index in [2.05, 4.69) is 15.0 Å². The van der Waals surface area contributed by atoms with Gasteiger partial charge in [0.1, 0.15) is 18.0 Å². The Bertz CT molecular complexity index is 1410. The van der Waals surface area contributed by atoms with Gasteiger partial charge in [0.15, 0.2) is 0 Å². The van der Waals surface area contributed by atoms with Crippen LogP contribution in [0.2, 0.25) is 5.02 Å². The zero-order valence-corrected chi connectivity index (χ0v) is 19.4. The van der Waals surface area contributed by atoms with Gasteiger partial charge in [0.2, 0.25) is 5.88 Å². The van der Waals surface area contributed by atoms with Gasteiger partial charge in [0, 0.05) is 11.8 Å². The summed E-state index contributed by atoms with van der Waals surface area (Å²) in [7, 11) is -4.48. The molecule has 13 heteroatoms. The van der Waals surface area contributed by atoms with Gasteiger partial charge in [-0.25, -0.2) is 13.4 Å². The summed E-state index contributed by atoms with van der Waals surface area (Å²) in [5.74, 6) is -0.448. The summed E-state index contributed by atoms with van der Waals surface area (Å²) in [6, 6.07) is 11.1. The van der Waals surface area contributed by atoms with Crippen LogP contribution in [-0.4, -0.2) is 25.9 Å². The number of nitrogens with one attached hydrogen (secondary N) is 2. The molecule has 0 aliphatic heterocycles. The summed E-state index contributed by atoms with van der Waals surface area (Å²) in [4.78, 5) is 15.3. The Labute approximate surface area is 203 Å². The second-order valence-corrected chi connectivity index (χ2v) is 9.17. The number of pyridine rings is 1. The maximum absolute atomic E-state index is 13.2. The molecule has 2 aromatic carbocycles. The van der Waals surface area contributed by atoms with Crippen molar-refractivity contribution in [3.8, 4) is 17.7 Å². The minimum atomic E-state index is -4.85. The van der Waals surface area contributed by atoms with Crippen LogP contribution >= 0.6 is 11.6 Å². The lowest BCUT2D eigenvalue weighted by atomic mass is 10.2. The van der Waals surface area contributed by atoms with E-state index in [1.807, 2.05) is 0 Å². The van der Waals surface area contributed by atoms with E-state index in [-0.39, 0.29) is 29.4 Å². The number of nitriles is 1. The summed E-state index contributed by atoms with van der Waals surface area (Å²) in [6.45, 7) is 1.47. The molecule has 8 nitrogen and oxygen atoms in total. The second kappa shape index (κ2) is 10.2. The minimum absolute atomic E-state index is 0.121. The lowest BCUT2D eigenvalue weighted by molar-refractivity contribution is -0.137. The molecule has 1 aromatic heterocycles. The van der Waals surface area contributed by atoms with Crippen LogP contribution in [0.4, 0.5) is 18.9 Å². The Morgan fingerprint density at radius 3 is 2.49 bits per heavy atom. The topological polar surface area (TPSA) is 121 Å². The number of halogens is 4.